The maximum atomic E-state index is 13.1. The van der Waals surface area contributed by atoms with Crippen LogP contribution in [0.1, 0.15) is 10.4 Å². The third-order valence-corrected chi connectivity index (χ3v) is 2.48. The van der Waals surface area contributed by atoms with Crippen LogP contribution in [-0.4, -0.2) is 5.91 Å². The Morgan fingerprint density at radius 1 is 1.05 bits per heavy atom. The number of carbonyl (C=O) groups excluding carboxylic acids is 1. The monoisotopic (exact) mass is 263 g/mol. The van der Waals surface area contributed by atoms with Crippen LogP contribution < -0.4 is 16.8 Å². The summed E-state index contributed by atoms with van der Waals surface area (Å²) in [6.07, 6.45) is 0. The van der Waals surface area contributed by atoms with E-state index in [2.05, 4.69) is 5.32 Å². The van der Waals surface area contributed by atoms with Crippen molar-refractivity contribution < 1.29 is 13.6 Å². The molecule has 2 aromatic rings. The molecule has 0 aliphatic carbocycles. The summed E-state index contributed by atoms with van der Waals surface area (Å²) in [7, 11) is 0. The highest BCUT2D eigenvalue weighted by Gasteiger charge is 2.07. The lowest BCUT2D eigenvalue weighted by Crippen LogP contribution is -2.11. The summed E-state index contributed by atoms with van der Waals surface area (Å²) in [6, 6.07) is 7.35. The fourth-order valence-electron chi connectivity index (χ4n) is 1.60. The number of primary amides is 1. The maximum absolute atomic E-state index is 13.1. The number of halogens is 2. The second-order valence-electron chi connectivity index (χ2n) is 3.95. The van der Waals surface area contributed by atoms with Crippen molar-refractivity contribution in [3.8, 4) is 0 Å². The first-order valence-corrected chi connectivity index (χ1v) is 5.38. The van der Waals surface area contributed by atoms with Crippen molar-refractivity contribution in [1.29, 1.82) is 0 Å². The summed E-state index contributed by atoms with van der Waals surface area (Å²) in [5.41, 5.74) is 12.0. The fraction of sp³-hybridized carbons (Fsp3) is 0. The molecule has 0 bridgehead atoms. The predicted molar refractivity (Wildman–Crippen MR) is 69.0 cm³/mol. The summed E-state index contributed by atoms with van der Waals surface area (Å²) in [4.78, 5) is 11.1. The quantitative estimate of drug-likeness (QED) is 0.744. The lowest BCUT2D eigenvalue weighted by molar-refractivity contribution is 0.100. The minimum Gasteiger partial charge on any atom is -0.397 e. The van der Waals surface area contributed by atoms with Gasteiger partial charge in [0.15, 0.2) is 0 Å². The fourth-order valence-corrected chi connectivity index (χ4v) is 1.60. The van der Waals surface area contributed by atoms with Gasteiger partial charge < -0.3 is 16.8 Å². The Hall–Kier alpha value is -2.63. The van der Waals surface area contributed by atoms with Crippen LogP contribution in [-0.2, 0) is 0 Å². The number of carbonyl (C=O) groups is 1. The van der Waals surface area contributed by atoms with Crippen LogP contribution in [0.15, 0.2) is 36.4 Å². The van der Waals surface area contributed by atoms with Crippen molar-refractivity contribution in [1.82, 2.24) is 0 Å². The molecule has 1 amide bonds. The van der Waals surface area contributed by atoms with E-state index in [9.17, 15) is 13.6 Å². The van der Waals surface area contributed by atoms with Gasteiger partial charge in [-0.3, -0.25) is 4.79 Å². The number of amides is 1. The Bertz CT molecular complexity index is 624. The summed E-state index contributed by atoms with van der Waals surface area (Å²) >= 11 is 0. The highest BCUT2D eigenvalue weighted by Crippen LogP contribution is 2.25. The molecule has 0 aromatic heterocycles. The number of anilines is 3. The molecular weight excluding hydrogens is 252 g/mol. The van der Waals surface area contributed by atoms with Crippen LogP contribution >= 0.6 is 0 Å². The molecule has 0 radical (unpaired) electrons. The van der Waals surface area contributed by atoms with E-state index in [4.69, 9.17) is 11.5 Å². The van der Waals surface area contributed by atoms with Crippen LogP contribution in [0.2, 0.25) is 0 Å². The van der Waals surface area contributed by atoms with Crippen molar-refractivity contribution in [2.24, 2.45) is 5.73 Å². The molecule has 5 N–H and O–H groups in total. The van der Waals surface area contributed by atoms with Gasteiger partial charge in [-0.15, -0.1) is 0 Å². The van der Waals surface area contributed by atoms with Crippen LogP contribution in [0.25, 0.3) is 0 Å². The smallest absolute Gasteiger partial charge is 0.248 e. The standard InChI is InChI=1S/C13H11F2N3O/c14-8-4-9(15)6-10(5-8)18-12-3-7(13(17)19)1-2-11(12)16/h1-6,18H,16H2,(H2,17,19). The molecule has 0 aliphatic heterocycles. The predicted octanol–water partition coefficient (Wildman–Crippen LogP) is 2.39. The van der Waals surface area contributed by atoms with Crippen LogP contribution in [0, 0.1) is 11.6 Å². The summed E-state index contributed by atoms with van der Waals surface area (Å²) in [5, 5.41) is 2.74. The van der Waals surface area contributed by atoms with Gasteiger partial charge in [0.05, 0.1) is 11.4 Å². The van der Waals surface area contributed by atoms with Crippen molar-refractivity contribution in [2.45, 2.75) is 0 Å². The highest BCUT2D eigenvalue weighted by atomic mass is 19.1. The van der Waals surface area contributed by atoms with Crippen LogP contribution in [0.3, 0.4) is 0 Å². The normalized spacial score (nSPS) is 10.2. The van der Waals surface area contributed by atoms with Crippen molar-refractivity contribution >= 4 is 23.0 Å². The molecule has 0 fully saturated rings. The first-order chi connectivity index (χ1) is 8.95. The molecule has 19 heavy (non-hydrogen) atoms. The van der Waals surface area contributed by atoms with E-state index in [0.717, 1.165) is 18.2 Å². The third-order valence-electron chi connectivity index (χ3n) is 2.48. The van der Waals surface area contributed by atoms with E-state index in [0.29, 0.717) is 11.4 Å². The molecule has 6 heteroatoms. The Morgan fingerprint density at radius 3 is 2.26 bits per heavy atom. The molecule has 0 saturated carbocycles. The molecular formula is C13H11F2N3O. The Morgan fingerprint density at radius 2 is 1.68 bits per heavy atom. The average molecular weight is 263 g/mol. The average Bonchev–Trinajstić information content (AvgIpc) is 2.30. The van der Waals surface area contributed by atoms with Crippen LogP contribution in [0.4, 0.5) is 25.8 Å². The number of hydrogen-bond acceptors (Lipinski definition) is 3. The van der Waals surface area contributed by atoms with Gasteiger partial charge in [-0.2, -0.15) is 0 Å². The summed E-state index contributed by atoms with van der Waals surface area (Å²) < 4.78 is 26.1. The number of hydrogen-bond donors (Lipinski definition) is 3. The maximum Gasteiger partial charge on any atom is 0.248 e. The molecule has 0 unspecified atom stereocenters. The SMILES string of the molecule is NC(=O)c1ccc(N)c(Nc2cc(F)cc(F)c2)c1. The van der Waals surface area contributed by atoms with Crippen molar-refractivity contribution in [2.75, 3.05) is 11.1 Å². The zero-order valence-electron chi connectivity index (χ0n) is 9.78. The van der Waals surface area contributed by atoms with E-state index >= 15 is 0 Å². The highest BCUT2D eigenvalue weighted by molar-refractivity contribution is 5.95. The number of benzene rings is 2. The second-order valence-corrected chi connectivity index (χ2v) is 3.95. The summed E-state index contributed by atoms with van der Waals surface area (Å²) in [6.45, 7) is 0. The number of rotatable bonds is 3. The van der Waals surface area contributed by atoms with Gasteiger partial charge in [-0.05, 0) is 30.3 Å². The minimum absolute atomic E-state index is 0.186. The molecule has 2 aromatic carbocycles. The van der Waals surface area contributed by atoms with Crippen molar-refractivity contribution in [3.63, 3.8) is 0 Å². The molecule has 2 rings (SSSR count). The molecule has 0 spiro atoms. The van der Waals surface area contributed by atoms with E-state index in [1.165, 1.54) is 18.2 Å². The first kappa shape index (κ1) is 12.8. The van der Waals surface area contributed by atoms with E-state index in [-0.39, 0.29) is 11.3 Å². The van der Waals surface area contributed by atoms with E-state index in [1.54, 1.807) is 0 Å². The number of nitrogens with two attached hydrogens (primary N) is 2. The minimum atomic E-state index is -0.716. The van der Waals surface area contributed by atoms with Gasteiger partial charge in [0, 0.05) is 17.3 Å². The lowest BCUT2D eigenvalue weighted by atomic mass is 10.1. The Kier molecular flexibility index (Phi) is 3.33. The van der Waals surface area contributed by atoms with Crippen LogP contribution in [0.5, 0.6) is 0 Å². The van der Waals surface area contributed by atoms with Gasteiger partial charge in [0.25, 0.3) is 0 Å². The first-order valence-electron chi connectivity index (χ1n) is 5.38. The second kappa shape index (κ2) is 4.93. The topological polar surface area (TPSA) is 81.1 Å². The Labute approximate surface area is 108 Å². The van der Waals surface area contributed by atoms with E-state index in [1.807, 2.05) is 0 Å². The van der Waals surface area contributed by atoms with Gasteiger partial charge in [0.1, 0.15) is 11.6 Å². The number of nitrogen functional groups attached to an aromatic ring is 1. The number of nitrogens with one attached hydrogen (secondary N) is 1. The van der Waals surface area contributed by atoms with Gasteiger partial charge in [-0.1, -0.05) is 0 Å². The molecule has 0 saturated heterocycles. The van der Waals surface area contributed by atoms with Crippen molar-refractivity contribution in [3.05, 3.63) is 53.6 Å². The Balaban J connectivity index is 2.37. The lowest BCUT2D eigenvalue weighted by Gasteiger charge is -2.10. The van der Waals surface area contributed by atoms with Gasteiger partial charge in [0.2, 0.25) is 5.91 Å². The molecule has 98 valence electrons. The largest absolute Gasteiger partial charge is 0.397 e. The zero-order valence-corrected chi connectivity index (χ0v) is 9.78. The molecule has 0 atom stereocenters. The van der Waals surface area contributed by atoms with E-state index < -0.39 is 17.5 Å². The van der Waals surface area contributed by atoms with Gasteiger partial charge >= 0.3 is 0 Å². The molecule has 0 heterocycles. The zero-order chi connectivity index (χ0) is 14.0. The molecule has 0 aliphatic rings. The molecule has 4 nitrogen and oxygen atoms in total. The summed E-state index contributed by atoms with van der Waals surface area (Å²) in [5.74, 6) is -2.05. The third kappa shape index (κ3) is 2.98. The van der Waals surface area contributed by atoms with Gasteiger partial charge in [-0.25, -0.2) is 8.78 Å².